The zero-order valence-corrected chi connectivity index (χ0v) is 13.5. The Balaban J connectivity index is 1.89. The molecule has 2 rings (SSSR count). The molecule has 1 aromatic rings. The zero-order valence-electron chi connectivity index (χ0n) is 13.5. The fraction of sp³-hybridized carbons (Fsp3) is 0.667. The van der Waals surface area contributed by atoms with Gasteiger partial charge in [-0.2, -0.15) is 0 Å². The number of piperidine rings is 1. The molecule has 0 aliphatic carbocycles. The standard InChI is InChI=1S/C18H30N2O/c1-15(2)18(16-7-4-3-5-8-16)20-12-9-17(10-13-20)21-14-6-11-19/h3-5,7-8,15,17-18H,6,9-14,19H2,1-2H3. The second-order valence-electron chi connectivity index (χ2n) is 6.35. The number of nitrogens with two attached hydrogens (primary N) is 1. The highest BCUT2D eigenvalue weighted by molar-refractivity contribution is 5.19. The summed E-state index contributed by atoms with van der Waals surface area (Å²) in [6.07, 6.45) is 3.68. The van der Waals surface area contributed by atoms with Gasteiger partial charge in [0.2, 0.25) is 0 Å². The van der Waals surface area contributed by atoms with Crippen LogP contribution in [-0.2, 0) is 4.74 Å². The van der Waals surface area contributed by atoms with Crippen molar-refractivity contribution in [3.63, 3.8) is 0 Å². The lowest BCUT2D eigenvalue weighted by Crippen LogP contribution is -2.41. The van der Waals surface area contributed by atoms with Gasteiger partial charge in [-0.3, -0.25) is 4.90 Å². The van der Waals surface area contributed by atoms with E-state index in [0.717, 1.165) is 45.5 Å². The first kappa shape index (κ1) is 16.5. The molecular formula is C18H30N2O. The highest BCUT2D eigenvalue weighted by atomic mass is 16.5. The number of hydrogen-bond acceptors (Lipinski definition) is 3. The van der Waals surface area contributed by atoms with Crippen molar-refractivity contribution in [3.8, 4) is 0 Å². The summed E-state index contributed by atoms with van der Waals surface area (Å²) in [5.41, 5.74) is 6.96. The Labute approximate surface area is 129 Å². The van der Waals surface area contributed by atoms with E-state index in [2.05, 4.69) is 49.1 Å². The van der Waals surface area contributed by atoms with E-state index >= 15 is 0 Å². The molecule has 0 spiro atoms. The minimum absolute atomic E-state index is 0.427. The van der Waals surface area contributed by atoms with Crippen molar-refractivity contribution in [2.45, 2.75) is 45.3 Å². The van der Waals surface area contributed by atoms with Crippen molar-refractivity contribution in [2.75, 3.05) is 26.2 Å². The minimum atomic E-state index is 0.427. The first-order chi connectivity index (χ1) is 10.2. The van der Waals surface area contributed by atoms with Crippen molar-refractivity contribution < 1.29 is 4.74 Å². The van der Waals surface area contributed by atoms with Crippen molar-refractivity contribution in [2.24, 2.45) is 11.7 Å². The van der Waals surface area contributed by atoms with Crippen LogP contribution in [0.4, 0.5) is 0 Å². The van der Waals surface area contributed by atoms with Crippen LogP contribution in [0.25, 0.3) is 0 Å². The lowest BCUT2D eigenvalue weighted by molar-refractivity contribution is -0.00779. The van der Waals surface area contributed by atoms with Crippen LogP contribution in [-0.4, -0.2) is 37.2 Å². The third-order valence-corrected chi connectivity index (χ3v) is 4.34. The number of rotatable bonds is 7. The van der Waals surface area contributed by atoms with E-state index in [0.29, 0.717) is 18.1 Å². The van der Waals surface area contributed by atoms with Gasteiger partial charge in [-0.05, 0) is 37.3 Å². The molecule has 3 nitrogen and oxygen atoms in total. The van der Waals surface area contributed by atoms with Crippen molar-refractivity contribution in [1.82, 2.24) is 4.90 Å². The van der Waals surface area contributed by atoms with Gasteiger partial charge in [0.1, 0.15) is 0 Å². The predicted octanol–water partition coefficient (Wildman–Crippen LogP) is 3.21. The fourth-order valence-electron chi connectivity index (χ4n) is 3.32. The van der Waals surface area contributed by atoms with Crippen molar-refractivity contribution in [3.05, 3.63) is 35.9 Å². The van der Waals surface area contributed by atoms with Crippen LogP contribution >= 0.6 is 0 Å². The van der Waals surface area contributed by atoms with Crippen LogP contribution in [0.1, 0.15) is 44.7 Å². The van der Waals surface area contributed by atoms with E-state index in [1.165, 1.54) is 5.56 Å². The maximum absolute atomic E-state index is 5.91. The quantitative estimate of drug-likeness (QED) is 0.784. The Kier molecular flexibility index (Phi) is 6.68. The van der Waals surface area contributed by atoms with Crippen molar-refractivity contribution in [1.29, 1.82) is 0 Å². The lowest BCUT2D eigenvalue weighted by atomic mass is 9.92. The minimum Gasteiger partial charge on any atom is -0.378 e. The van der Waals surface area contributed by atoms with Crippen LogP contribution in [0.5, 0.6) is 0 Å². The van der Waals surface area contributed by atoms with E-state index in [1.54, 1.807) is 0 Å². The monoisotopic (exact) mass is 290 g/mol. The molecule has 1 atom stereocenters. The Bertz CT molecular complexity index is 385. The Morgan fingerprint density at radius 2 is 1.86 bits per heavy atom. The summed E-state index contributed by atoms with van der Waals surface area (Å²) in [5.74, 6) is 0.627. The SMILES string of the molecule is CC(C)C(c1ccccc1)N1CCC(OCCCN)CC1. The van der Waals surface area contributed by atoms with Crippen LogP contribution in [0.3, 0.4) is 0 Å². The Morgan fingerprint density at radius 1 is 1.19 bits per heavy atom. The number of ether oxygens (including phenoxy) is 1. The number of nitrogens with zero attached hydrogens (tertiary/aromatic N) is 1. The van der Waals surface area contributed by atoms with E-state index in [4.69, 9.17) is 10.5 Å². The molecule has 3 heteroatoms. The summed E-state index contributed by atoms with van der Waals surface area (Å²) in [7, 11) is 0. The summed E-state index contributed by atoms with van der Waals surface area (Å²) in [6, 6.07) is 11.4. The molecule has 1 unspecified atom stereocenters. The molecule has 1 heterocycles. The average molecular weight is 290 g/mol. The van der Waals surface area contributed by atoms with Gasteiger partial charge < -0.3 is 10.5 Å². The molecule has 1 aliphatic rings. The largest absolute Gasteiger partial charge is 0.378 e. The molecule has 0 bridgehead atoms. The van der Waals surface area contributed by atoms with Gasteiger partial charge in [0, 0.05) is 25.7 Å². The van der Waals surface area contributed by atoms with E-state index < -0.39 is 0 Å². The molecule has 1 saturated heterocycles. The third kappa shape index (κ3) is 4.80. The zero-order chi connectivity index (χ0) is 15.1. The molecule has 118 valence electrons. The Morgan fingerprint density at radius 3 is 2.43 bits per heavy atom. The normalized spacial score (nSPS) is 19.0. The molecule has 0 aromatic heterocycles. The molecule has 21 heavy (non-hydrogen) atoms. The second kappa shape index (κ2) is 8.52. The first-order valence-electron chi connectivity index (χ1n) is 8.33. The molecule has 0 amide bonds. The number of likely N-dealkylation sites (tertiary alicyclic amines) is 1. The summed E-state index contributed by atoms with van der Waals surface area (Å²) in [5, 5.41) is 0. The topological polar surface area (TPSA) is 38.5 Å². The Hall–Kier alpha value is -0.900. The molecule has 0 saturated carbocycles. The lowest BCUT2D eigenvalue weighted by Gasteiger charge is -2.39. The van der Waals surface area contributed by atoms with Crippen LogP contribution in [0, 0.1) is 5.92 Å². The molecule has 1 aromatic carbocycles. The van der Waals surface area contributed by atoms with Crippen LogP contribution in [0.15, 0.2) is 30.3 Å². The fourth-order valence-corrected chi connectivity index (χ4v) is 3.32. The number of benzene rings is 1. The van der Waals surface area contributed by atoms with Gasteiger partial charge in [-0.25, -0.2) is 0 Å². The number of hydrogen-bond donors (Lipinski definition) is 1. The smallest absolute Gasteiger partial charge is 0.0599 e. The van der Waals surface area contributed by atoms with Gasteiger partial charge in [-0.1, -0.05) is 44.2 Å². The average Bonchev–Trinajstić information content (AvgIpc) is 2.50. The highest BCUT2D eigenvalue weighted by Gasteiger charge is 2.28. The van der Waals surface area contributed by atoms with Gasteiger partial charge in [0.05, 0.1) is 6.10 Å². The summed E-state index contributed by atoms with van der Waals surface area (Å²) >= 11 is 0. The van der Waals surface area contributed by atoms with E-state index in [9.17, 15) is 0 Å². The van der Waals surface area contributed by atoms with Gasteiger partial charge in [0.25, 0.3) is 0 Å². The maximum Gasteiger partial charge on any atom is 0.0599 e. The first-order valence-corrected chi connectivity index (χ1v) is 8.33. The molecule has 2 N–H and O–H groups in total. The van der Waals surface area contributed by atoms with Crippen LogP contribution in [0.2, 0.25) is 0 Å². The van der Waals surface area contributed by atoms with Crippen molar-refractivity contribution >= 4 is 0 Å². The molecule has 0 radical (unpaired) electrons. The summed E-state index contributed by atoms with van der Waals surface area (Å²) in [6.45, 7) is 8.44. The third-order valence-electron chi connectivity index (χ3n) is 4.34. The molecular weight excluding hydrogens is 260 g/mol. The molecule has 1 aliphatic heterocycles. The van der Waals surface area contributed by atoms with Crippen LogP contribution < -0.4 is 5.73 Å². The summed E-state index contributed by atoms with van der Waals surface area (Å²) in [4.78, 5) is 2.63. The van der Waals surface area contributed by atoms with E-state index in [1.807, 2.05) is 0 Å². The maximum atomic E-state index is 5.91. The second-order valence-corrected chi connectivity index (χ2v) is 6.35. The van der Waals surface area contributed by atoms with Gasteiger partial charge in [0.15, 0.2) is 0 Å². The van der Waals surface area contributed by atoms with Gasteiger partial charge >= 0.3 is 0 Å². The predicted molar refractivity (Wildman–Crippen MR) is 88.2 cm³/mol. The van der Waals surface area contributed by atoms with E-state index in [-0.39, 0.29) is 0 Å². The van der Waals surface area contributed by atoms with Gasteiger partial charge in [-0.15, -0.1) is 0 Å². The highest BCUT2D eigenvalue weighted by Crippen LogP contribution is 2.31. The molecule has 1 fully saturated rings. The summed E-state index contributed by atoms with van der Waals surface area (Å²) < 4.78 is 5.91.